The fraction of sp³-hybridized carbons (Fsp3) is 0.625. The molecule has 1 heterocycles. The first-order valence-corrected chi connectivity index (χ1v) is 7.29. The third-order valence-corrected chi connectivity index (χ3v) is 4.26. The van der Waals surface area contributed by atoms with E-state index in [9.17, 15) is 5.11 Å². The van der Waals surface area contributed by atoms with Crippen molar-refractivity contribution in [1.82, 2.24) is 9.80 Å². The second-order valence-corrected chi connectivity index (χ2v) is 5.75. The molecule has 0 amide bonds. The monoisotopic (exact) mass is 278 g/mol. The van der Waals surface area contributed by atoms with Crippen LogP contribution in [-0.2, 0) is 13.2 Å². The van der Waals surface area contributed by atoms with E-state index in [0.29, 0.717) is 6.04 Å². The molecule has 0 aromatic heterocycles. The van der Waals surface area contributed by atoms with Crippen LogP contribution in [0.1, 0.15) is 24.0 Å². The van der Waals surface area contributed by atoms with Crippen molar-refractivity contribution in [3.8, 4) is 5.75 Å². The zero-order valence-corrected chi connectivity index (χ0v) is 12.8. The molecule has 4 nitrogen and oxygen atoms in total. The van der Waals surface area contributed by atoms with Crippen molar-refractivity contribution in [3.63, 3.8) is 0 Å². The van der Waals surface area contributed by atoms with Crippen molar-refractivity contribution in [1.29, 1.82) is 0 Å². The number of hydrogen-bond donors (Lipinski definition) is 1. The second-order valence-electron chi connectivity index (χ2n) is 5.75. The number of methoxy groups -OCH3 is 1. The molecular weight excluding hydrogens is 252 g/mol. The quantitative estimate of drug-likeness (QED) is 0.889. The number of hydrogen-bond acceptors (Lipinski definition) is 4. The van der Waals surface area contributed by atoms with E-state index in [1.807, 2.05) is 18.2 Å². The van der Waals surface area contributed by atoms with Gasteiger partial charge >= 0.3 is 0 Å². The minimum atomic E-state index is 0.0783. The van der Waals surface area contributed by atoms with Crippen LogP contribution in [0.15, 0.2) is 18.2 Å². The van der Waals surface area contributed by atoms with Crippen LogP contribution in [0.25, 0.3) is 0 Å². The average Bonchev–Trinajstić information content (AvgIpc) is 2.47. The van der Waals surface area contributed by atoms with Crippen molar-refractivity contribution in [2.75, 3.05) is 34.3 Å². The summed E-state index contributed by atoms with van der Waals surface area (Å²) in [5.74, 6) is 0.905. The van der Waals surface area contributed by atoms with E-state index < -0.39 is 0 Å². The normalized spacial score (nSPS) is 17.6. The fourth-order valence-electron chi connectivity index (χ4n) is 2.89. The van der Waals surface area contributed by atoms with Crippen LogP contribution in [0, 0.1) is 0 Å². The highest BCUT2D eigenvalue weighted by molar-refractivity contribution is 5.37. The molecule has 0 radical (unpaired) electrons. The second kappa shape index (κ2) is 7.07. The Bertz CT molecular complexity index is 428. The third-order valence-electron chi connectivity index (χ3n) is 4.26. The van der Waals surface area contributed by atoms with E-state index in [4.69, 9.17) is 4.74 Å². The standard InChI is InChI=1S/C16H26N2O2/c1-17-8-6-15(7-9-17)18(2)11-14-10-13(12-19)4-5-16(14)20-3/h4-5,10,15,19H,6-9,11-12H2,1-3H3. The van der Waals surface area contributed by atoms with Gasteiger partial charge in [0.15, 0.2) is 0 Å². The van der Waals surface area contributed by atoms with Gasteiger partial charge in [-0.05, 0) is 57.7 Å². The Hall–Kier alpha value is -1.10. The molecule has 0 atom stereocenters. The predicted molar refractivity (Wildman–Crippen MR) is 80.9 cm³/mol. The number of piperidine rings is 1. The van der Waals surface area contributed by atoms with Crippen LogP contribution < -0.4 is 4.74 Å². The molecule has 0 aliphatic carbocycles. The van der Waals surface area contributed by atoms with Crippen molar-refractivity contribution < 1.29 is 9.84 Å². The summed E-state index contributed by atoms with van der Waals surface area (Å²) < 4.78 is 5.43. The van der Waals surface area contributed by atoms with Crippen molar-refractivity contribution in [3.05, 3.63) is 29.3 Å². The minimum absolute atomic E-state index is 0.0783. The molecule has 1 aromatic carbocycles. The first-order chi connectivity index (χ1) is 9.63. The van der Waals surface area contributed by atoms with Gasteiger partial charge in [0.2, 0.25) is 0 Å². The van der Waals surface area contributed by atoms with Gasteiger partial charge in [-0.15, -0.1) is 0 Å². The van der Waals surface area contributed by atoms with E-state index in [2.05, 4.69) is 23.9 Å². The third kappa shape index (κ3) is 3.72. The lowest BCUT2D eigenvalue weighted by Gasteiger charge is -2.35. The maximum Gasteiger partial charge on any atom is 0.123 e. The van der Waals surface area contributed by atoms with E-state index in [1.165, 1.54) is 25.9 Å². The molecule has 1 fully saturated rings. The Kier molecular flexibility index (Phi) is 5.40. The fourth-order valence-corrected chi connectivity index (χ4v) is 2.89. The van der Waals surface area contributed by atoms with Crippen LogP contribution in [0.2, 0.25) is 0 Å². The smallest absolute Gasteiger partial charge is 0.123 e. The Balaban J connectivity index is 2.04. The summed E-state index contributed by atoms with van der Waals surface area (Å²) >= 11 is 0. The molecular formula is C16H26N2O2. The van der Waals surface area contributed by atoms with Crippen molar-refractivity contribution >= 4 is 0 Å². The van der Waals surface area contributed by atoms with Crippen LogP contribution >= 0.6 is 0 Å². The van der Waals surface area contributed by atoms with E-state index in [0.717, 1.165) is 23.4 Å². The summed E-state index contributed by atoms with van der Waals surface area (Å²) in [6, 6.07) is 6.54. The molecule has 1 aromatic rings. The number of aliphatic hydroxyl groups excluding tert-OH is 1. The molecule has 20 heavy (non-hydrogen) atoms. The molecule has 0 bridgehead atoms. The Morgan fingerprint density at radius 1 is 1.35 bits per heavy atom. The maximum absolute atomic E-state index is 9.28. The van der Waals surface area contributed by atoms with Gasteiger partial charge in [0, 0.05) is 18.2 Å². The summed E-state index contributed by atoms with van der Waals surface area (Å²) in [6.45, 7) is 3.28. The highest BCUT2D eigenvalue weighted by Gasteiger charge is 2.21. The number of aliphatic hydroxyl groups is 1. The Labute approximate surface area is 122 Å². The average molecular weight is 278 g/mol. The first-order valence-electron chi connectivity index (χ1n) is 7.29. The largest absolute Gasteiger partial charge is 0.496 e. The van der Waals surface area contributed by atoms with Crippen LogP contribution in [0.5, 0.6) is 5.75 Å². The van der Waals surface area contributed by atoms with Gasteiger partial charge in [0.1, 0.15) is 5.75 Å². The zero-order chi connectivity index (χ0) is 14.5. The van der Waals surface area contributed by atoms with E-state index >= 15 is 0 Å². The van der Waals surface area contributed by atoms with Gasteiger partial charge < -0.3 is 14.7 Å². The van der Waals surface area contributed by atoms with Crippen LogP contribution in [-0.4, -0.2) is 55.2 Å². The van der Waals surface area contributed by atoms with Gasteiger partial charge in [0.05, 0.1) is 13.7 Å². The molecule has 4 heteroatoms. The molecule has 1 saturated heterocycles. The molecule has 112 valence electrons. The molecule has 1 aliphatic heterocycles. The number of ether oxygens (including phenoxy) is 1. The van der Waals surface area contributed by atoms with Gasteiger partial charge in [-0.3, -0.25) is 4.90 Å². The van der Waals surface area contributed by atoms with Gasteiger partial charge in [-0.1, -0.05) is 6.07 Å². The van der Waals surface area contributed by atoms with Crippen LogP contribution in [0.3, 0.4) is 0 Å². The summed E-state index contributed by atoms with van der Waals surface area (Å²) in [4.78, 5) is 4.79. The maximum atomic E-state index is 9.28. The lowest BCUT2D eigenvalue weighted by molar-refractivity contribution is 0.138. The lowest BCUT2D eigenvalue weighted by atomic mass is 10.0. The highest BCUT2D eigenvalue weighted by atomic mass is 16.5. The molecule has 2 rings (SSSR count). The summed E-state index contributed by atoms with van der Waals surface area (Å²) in [6.07, 6.45) is 2.43. The van der Waals surface area contributed by atoms with Crippen LogP contribution in [0.4, 0.5) is 0 Å². The SMILES string of the molecule is COc1ccc(CO)cc1CN(C)C1CCN(C)CC1. The van der Waals surface area contributed by atoms with E-state index in [1.54, 1.807) is 7.11 Å². The van der Waals surface area contributed by atoms with E-state index in [-0.39, 0.29) is 6.61 Å². The lowest BCUT2D eigenvalue weighted by Crippen LogP contribution is -2.41. The summed E-state index contributed by atoms with van der Waals surface area (Å²) in [5, 5.41) is 9.28. The topological polar surface area (TPSA) is 35.9 Å². The number of likely N-dealkylation sites (tertiary alicyclic amines) is 1. The molecule has 1 aliphatic rings. The Morgan fingerprint density at radius 3 is 2.65 bits per heavy atom. The first kappa shape index (κ1) is 15.3. The predicted octanol–water partition coefficient (Wildman–Crippen LogP) is 1.71. The number of nitrogens with zero attached hydrogens (tertiary/aromatic N) is 2. The molecule has 0 unspecified atom stereocenters. The molecule has 0 saturated carbocycles. The van der Waals surface area contributed by atoms with Crippen molar-refractivity contribution in [2.45, 2.75) is 32.0 Å². The summed E-state index contributed by atoms with van der Waals surface area (Å²) in [7, 11) is 6.07. The Morgan fingerprint density at radius 2 is 2.05 bits per heavy atom. The number of rotatable bonds is 5. The van der Waals surface area contributed by atoms with Gasteiger partial charge in [-0.2, -0.15) is 0 Å². The van der Waals surface area contributed by atoms with Gasteiger partial charge in [0.25, 0.3) is 0 Å². The highest BCUT2D eigenvalue weighted by Crippen LogP contribution is 2.24. The van der Waals surface area contributed by atoms with Crippen molar-refractivity contribution in [2.24, 2.45) is 0 Å². The molecule has 1 N–H and O–H groups in total. The summed E-state index contributed by atoms with van der Waals surface area (Å²) in [5.41, 5.74) is 2.10. The minimum Gasteiger partial charge on any atom is -0.496 e. The molecule has 0 spiro atoms. The van der Waals surface area contributed by atoms with Gasteiger partial charge in [-0.25, -0.2) is 0 Å². The zero-order valence-electron chi connectivity index (χ0n) is 12.8. The number of benzene rings is 1.